The number of ether oxygens (including phenoxy) is 4. The summed E-state index contributed by atoms with van der Waals surface area (Å²) in [6.07, 6.45) is 32.3. The number of esters is 3. The van der Waals surface area contributed by atoms with E-state index in [0.717, 1.165) is 44.9 Å². The molecule has 17 nitrogen and oxygen atoms in total. The predicted molar refractivity (Wildman–Crippen MR) is 266 cm³/mol. The minimum Gasteiger partial charge on any atom is -0.464 e. The number of carbonyl (C=O) groups excluding carboxylic acids is 4. The molecule has 0 aliphatic heterocycles. The van der Waals surface area contributed by atoms with E-state index in [-0.39, 0.29) is 25.7 Å². The highest BCUT2D eigenvalue weighted by Crippen LogP contribution is 2.45. The van der Waals surface area contributed by atoms with E-state index in [1.807, 2.05) is 0 Å². The van der Waals surface area contributed by atoms with Gasteiger partial charge in [0, 0.05) is 19.3 Å². The minimum absolute atomic E-state index is 0.0496. The van der Waals surface area contributed by atoms with Crippen molar-refractivity contribution >= 4 is 40.0 Å². The second-order valence-corrected chi connectivity index (χ2v) is 21.2. The Hall–Kier alpha value is -1.94. The van der Waals surface area contributed by atoms with E-state index >= 15 is 0 Å². The van der Waals surface area contributed by atoms with E-state index < -0.39 is 91.5 Å². The van der Waals surface area contributed by atoms with Gasteiger partial charge in [-0.2, -0.15) is 0 Å². The number of aliphatic hydroxyl groups excluding tert-OH is 1. The van der Waals surface area contributed by atoms with Crippen LogP contribution in [0.5, 0.6) is 0 Å². The van der Waals surface area contributed by atoms with E-state index in [2.05, 4.69) is 18.6 Å². The topological polar surface area (TPSA) is 237 Å². The molecule has 0 saturated carbocycles. The standard InChI is InChI=1S/C50H96O17P2/c1-4-7-9-11-13-15-17-19-21-23-25-27-29-31-33-36-48(53)61-41-47(67-50(55)37-34-32-30-28-26-24-22-20-18-16-14-12-10-8-5-2)43-65-69(58,59)63-39-45(52)38-62-68(56,57)64-42-46(40-60-44-51)66-49(54)35-6-3/h44-47,52H,4-43H2,1-3H3,(H,56,57)(H,58,59)/t45-,46+,47+/m0/s1. The number of hydrogen-bond acceptors (Lipinski definition) is 15. The van der Waals surface area contributed by atoms with Crippen LogP contribution in [0.2, 0.25) is 0 Å². The average Bonchev–Trinajstić information content (AvgIpc) is 3.32. The van der Waals surface area contributed by atoms with Crippen LogP contribution in [-0.4, -0.2) is 97.2 Å². The van der Waals surface area contributed by atoms with Crippen LogP contribution in [0.1, 0.15) is 239 Å². The molecule has 0 aliphatic rings. The molecule has 0 fully saturated rings. The lowest BCUT2D eigenvalue weighted by molar-refractivity contribution is -0.161. The van der Waals surface area contributed by atoms with Crippen molar-refractivity contribution in [3.63, 3.8) is 0 Å². The molecular formula is C50H96O17P2. The van der Waals surface area contributed by atoms with Gasteiger partial charge < -0.3 is 33.8 Å². The molecule has 408 valence electrons. The van der Waals surface area contributed by atoms with Gasteiger partial charge in [-0.1, -0.05) is 201 Å². The molecule has 0 aliphatic carbocycles. The van der Waals surface area contributed by atoms with Gasteiger partial charge in [-0.15, -0.1) is 0 Å². The van der Waals surface area contributed by atoms with E-state index in [9.17, 15) is 43.2 Å². The maximum Gasteiger partial charge on any atom is 0.472 e. The Kier molecular flexibility index (Phi) is 45.8. The first-order valence-electron chi connectivity index (χ1n) is 26.8. The zero-order valence-electron chi connectivity index (χ0n) is 43.0. The van der Waals surface area contributed by atoms with Crippen LogP contribution in [0.15, 0.2) is 0 Å². The van der Waals surface area contributed by atoms with Gasteiger partial charge >= 0.3 is 33.6 Å². The number of phosphoric acid groups is 2. The maximum absolute atomic E-state index is 12.8. The smallest absolute Gasteiger partial charge is 0.464 e. The number of unbranched alkanes of at least 4 members (excludes halogenated alkanes) is 28. The molecule has 2 unspecified atom stereocenters. The number of hydrogen-bond donors (Lipinski definition) is 3. The fourth-order valence-corrected chi connectivity index (χ4v) is 9.03. The van der Waals surface area contributed by atoms with E-state index in [4.69, 9.17) is 32.3 Å². The molecule has 0 bridgehead atoms. The third-order valence-corrected chi connectivity index (χ3v) is 13.4. The van der Waals surface area contributed by atoms with Crippen molar-refractivity contribution in [3.05, 3.63) is 0 Å². The van der Waals surface area contributed by atoms with Gasteiger partial charge in [0.2, 0.25) is 0 Å². The number of aliphatic hydroxyl groups is 1. The number of phosphoric ester groups is 2. The normalized spacial score (nSPS) is 14.6. The second-order valence-electron chi connectivity index (χ2n) is 18.3. The fourth-order valence-electron chi connectivity index (χ4n) is 7.45. The van der Waals surface area contributed by atoms with E-state index in [1.165, 1.54) is 135 Å². The molecule has 5 atom stereocenters. The third-order valence-electron chi connectivity index (χ3n) is 11.5. The molecule has 0 aromatic carbocycles. The summed E-state index contributed by atoms with van der Waals surface area (Å²) >= 11 is 0. The Morgan fingerprint density at radius 3 is 1.06 bits per heavy atom. The number of carbonyl (C=O) groups is 4. The van der Waals surface area contributed by atoms with Crippen molar-refractivity contribution in [2.45, 2.75) is 257 Å². The van der Waals surface area contributed by atoms with Crippen LogP contribution in [0, 0.1) is 0 Å². The largest absolute Gasteiger partial charge is 0.472 e. The van der Waals surface area contributed by atoms with Crippen molar-refractivity contribution in [2.24, 2.45) is 0 Å². The van der Waals surface area contributed by atoms with Gasteiger partial charge in [-0.3, -0.25) is 37.3 Å². The predicted octanol–water partition coefficient (Wildman–Crippen LogP) is 12.5. The molecule has 0 heterocycles. The lowest BCUT2D eigenvalue weighted by Gasteiger charge is -2.21. The molecule has 0 radical (unpaired) electrons. The fraction of sp³-hybridized carbons (Fsp3) is 0.920. The highest BCUT2D eigenvalue weighted by atomic mass is 31.2. The van der Waals surface area contributed by atoms with Gasteiger partial charge in [0.15, 0.2) is 12.2 Å². The molecule has 69 heavy (non-hydrogen) atoms. The third kappa shape index (κ3) is 46.9. The second kappa shape index (κ2) is 47.1. The zero-order valence-corrected chi connectivity index (χ0v) is 44.8. The summed E-state index contributed by atoms with van der Waals surface area (Å²) < 4.78 is 65.1. The SMILES string of the molecule is CCCCCCCCCCCCCCCCCC(=O)OC[C@H](COP(=O)(O)OC[C@@H](O)COP(=O)(O)OC[C@@H](COC=O)OC(=O)CCC)OC(=O)CCCCCCCCCCCCCCCCC. The highest BCUT2D eigenvalue weighted by molar-refractivity contribution is 7.47. The molecule has 0 amide bonds. The Morgan fingerprint density at radius 2 is 0.710 bits per heavy atom. The van der Waals surface area contributed by atoms with Crippen molar-refractivity contribution in [3.8, 4) is 0 Å². The van der Waals surface area contributed by atoms with Gasteiger partial charge in [0.25, 0.3) is 6.47 Å². The zero-order chi connectivity index (χ0) is 51.1. The summed E-state index contributed by atoms with van der Waals surface area (Å²) in [7, 11) is -9.78. The quantitative estimate of drug-likeness (QED) is 0.0169. The monoisotopic (exact) mass is 1030 g/mol. The molecule has 0 saturated heterocycles. The van der Waals surface area contributed by atoms with Crippen LogP contribution in [0.3, 0.4) is 0 Å². The van der Waals surface area contributed by atoms with Crippen molar-refractivity contribution < 1.29 is 80.2 Å². The summed E-state index contributed by atoms with van der Waals surface area (Å²) in [4.78, 5) is 68.2. The first-order chi connectivity index (χ1) is 33.3. The van der Waals surface area contributed by atoms with Crippen LogP contribution in [-0.2, 0) is 65.4 Å². The molecule has 0 aromatic heterocycles. The highest BCUT2D eigenvalue weighted by Gasteiger charge is 2.30. The van der Waals surface area contributed by atoms with E-state index in [0.29, 0.717) is 19.3 Å². The van der Waals surface area contributed by atoms with E-state index in [1.54, 1.807) is 6.92 Å². The summed E-state index contributed by atoms with van der Waals surface area (Å²) in [5.41, 5.74) is 0. The van der Waals surface area contributed by atoms with Gasteiger partial charge in [-0.05, 0) is 19.3 Å². The maximum atomic E-state index is 12.8. The summed E-state index contributed by atoms with van der Waals surface area (Å²) in [6.45, 7) is 2.29. The molecule has 19 heteroatoms. The molecular weight excluding hydrogens is 934 g/mol. The molecule has 0 aromatic rings. The summed E-state index contributed by atoms with van der Waals surface area (Å²) in [5.74, 6) is -1.72. The first kappa shape index (κ1) is 67.1. The Bertz CT molecular complexity index is 1340. The van der Waals surface area contributed by atoms with Crippen molar-refractivity contribution in [2.75, 3.05) is 39.6 Å². The lowest BCUT2D eigenvalue weighted by Crippen LogP contribution is -2.30. The molecule has 0 rings (SSSR count). The summed E-state index contributed by atoms with van der Waals surface area (Å²) in [6, 6.07) is 0. The van der Waals surface area contributed by atoms with Crippen molar-refractivity contribution in [1.82, 2.24) is 0 Å². The van der Waals surface area contributed by atoms with Gasteiger partial charge in [-0.25, -0.2) is 9.13 Å². The Balaban J connectivity index is 4.84. The molecule has 3 N–H and O–H groups in total. The minimum atomic E-state index is -4.91. The number of rotatable bonds is 53. The Labute approximate surface area is 416 Å². The summed E-state index contributed by atoms with van der Waals surface area (Å²) in [5, 5.41) is 10.2. The lowest BCUT2D eigenvalue weighted by atomic mass is 10.0. The Morgan fingerprint density at radius 1 is 0.406 bits per heavy atom. The van der Waals surface area contributed by atoms with Gasteiger partial charge in [0.05, 0.1) is 26.4 Å². The van der Waals surface area contributed by atoms with Gasteiger partial charge in [0.1, 0.15) is 19.3 Å². The van der Waals surface area contributed by atoms with Crippen LogP contribution in [0.25, 0.3) is 0 Å². The van der Waals surface area contributed by atoms with Crippen LogP contribution >= 0.6 is 15.6 Å². The average molecular weight is 1030 g/mol. The van der Waals surface area contributed by atoms with Crippen LogP contribution < -0.4 is 0 Å². The van der Waals surface area contributed by atoms with Crippen molar-refractivity contribution in [1.29, 1.82) is 0 Å². The van der Waals surface area contributed by atoms with Crippen LogP contribution in [0.4, 0.5) is 0 Å². The molecule has 0 spiro atoms. The first-order valence-corrected chi connectivity index (χ1v) is 29.8.